The Morgan fingerprint density at radius 3 is 2.69 bits per heavy atom. The summed E-state index contributed by atoms with van der Waals surface area (Å²) in [6, 6.07) is 5.07. The predicted octanol–water partition coefficient (Wildman–Crippen LogP) is 3.30. The van der Waals surface area contributed by atoms with Gasteiger partial charge in [-0.1, -0.05) is 23.7 Å². The van der Waals surface area contributed by atoms with E-state index < -0.39 is 24.2 Å². The summed E-state index contributed by atoms with van der Waals surface area (Å²) >= 11 is 5.83. The van der Waals surface area contributed by atoms with Crippen LogP contribution >= 0.6 is 11.6 Å². The molecule has 1 aromatic carbocycles. The van der Waals surface area contributed by atoms with E-state index in [2.05, 4.69) is 5.32 Å². The molecular weight excluding hydrogens is 222 g/mol. The molecular formula is C13H18ClNO. The number of halogens is 1. The van der Waals surface area contributed by atoms with E-state index in [9.17, 15) is 4.79 Å². The third-order valence-corrected chi connectivity index (χ3v) is 2.18. The van der Waals surface area contributed by atoms with E-state index in [1.807, 2.05) is 20.8 Å². The fourth-order valence-electron chi connectivity index (χ4n) is 1.31. The Balaban J connectivity index is 3.08. The van der Waals surface area contributed by atoms with Crippen molar-refractivity contribution in [2.75, 3.05) is 0 Å². The van der Waals surface area contributed by atoms with Gasteiger partial charge in [-0.15, -0.1) is 0 Å². The first kappa shape index (κ1) is 9.20. The van der Waals surface area contributed by atoms with Gasteiger partial charge in [-0.05, 0) is 39.8 Å². The maximum atomic E-state index is 12.3. The lowest BCUT2D eigenvalue weighted by molar-refractivity contribution is 0.0936. The lowest BCUT2D eigenvalue weighted by Gasteiger charge is -2.25. The van der Waals surface area contributed by atoms with Gasteiger partial charge in [0, 0.05) is 20.2 Å². The molecule has 1 atom stereocenters. The third kappa shape index (κ3) is 3.95. The molecule has 0 heterocycles. The Hall–Kier alpha value is -0.860. The average molecular weight is 243 g/mol. The van der Waals surface area contributed by atoms with Crippen LogP contribution in [0.1, 0.15) is 42.1 Å². The van der Waals surface area contributed by atoms with Crippen LogP contribution in [0, 0.1) is 0 Å². The minimum atomic E-state index is -2.41. The minimum absolute atomic E-state index is 0.297. The molecule has 1 unspecified atom stereocenters. The molecule has 0 aliphatic carbocycles. The molecule has 0 saturated heterocycles. The minimum Gasteiger partial charge on any atom is -0.303 e. The summed E-state index contributed by atoms with van der Waals surface area (Å²) in [7, 11) is 0. The number of benzene rings is 1. The molecule has 0 aromatic heterocycles. The molecule has 0 amide bonds. The number of Topliss-reactive ketones (excluding diaryl/α,β-unsaturated/α-hetero) is 1. The van der Waals surface area contributed by atoms with Gasteiger partial charge in [-0.3, -0.25) is 4.79 Å². The topological polar surface area (TPSA) is 29.1 Å². The summed E-state index contributed by atoms with van der Waals surface area (Å²) in [4.78, 5) is 12.3. The highest BCUT2D eigenvalue weighted by molar-refractivity contribution is 6.31. The zero-order valence-corrected chi connectivity index (χ0v) is 10.4. The third-order valence-electron chi connectivity index (χ3n) is 1.95. The second kappa shape index (κ2) is 4.98. The highest BCUT2D eigenvalue weighted by atomic mass is 35.5. The average Bonchev–Trinajstić information content (AvgIpc) is 2.22. The monoisotopic (exact) mass is 242 g/mol. The Morgan fingerprint density at radius 2 is 2.19 bits per heavy atom. The fourth-order valence-corrected chi connectivity index (χ4v) is 1.50. The molecule has 1 aromatic rings. The Labute approximate surface area is 106 Å². The van der Waals surface area contributed by atoms with Gasteiger partial charge in [-0.25, -0.2) is 0 Å². The van der Waals surface area contributed by atoms with Crippen molar-refractivity contribution in [1.29, 1.82) is 0 Å². The van der Waals surface area contributed by atoms with Crippen LogP contribution in [0.2, 0.25) is 5.02 Å². The number of rotatable bonds is 3. The predicted molar refractivity (Wildman–Crippen MR) is 68.1 cm³/mol. The van der Waals surface area contributed by atoms with Crippen molar-refractivity contribution in [2.24, 2.45) is 0 Å². The summed E-state index contributed by atoms with van der Waals surface area (Å²) in [6.45, 7) is 3.04. The van der Waals surface area contributed by atoms with Crippen molar-refractivity contribution < 1.29 is 8.91 Å². The molecule has 0 fully saturated rings. The molecule has 0 aliphatic rings. The molecule has 2 nitrogen and oxygen atoms in total. The Morgan fingerprint density at radius 1 is 1.50 bits per heavy atom. The van der Waals surface area contributed by atoms with Gasteiger partial charge < -0.3 is 5.32 Å². The van der Waals surface area contributed by atoms with Crippen LogP contribution in [-0.4, -0.2) is 17.4 Å². The Kier molecular flexibility index (Phi) is 2.86. The van der Waals surface area contributed by atoms with Gasteiger partial charge in [0.15, 0.2) is 5.78 Å². The molecule has 1 N–H and O–H groups in total. The lowest BCUT2D eigenvalue weighted by Crippen LogP contribution is -2.46. The van der Waals surface area contributed by atoms with Crippen LogP contribution in [0.25, 0.3) is 0 Å². The molecule has 0 radical (unpaired) electrons. The first-order chi connectivity index (χ1) is 8.50. The van der Waals surface area contributed by atoms with E-state index in [-0.39, 0.29) is 0 Å². The van der Waals surface area contributed by atoms with E-state index in [1.165, 1.54) is 6.07 Å². The molecule has 3 heteroatoms. The van der Waals surface area contributed by atoms with Crippen molar-refractivity contribution >= 4 is 17.4 Å². The molecule has 88 valence electrons. The summed E-state index contributed by atoms with van der Waals surface area (Å²) in [5, 5.41) is 3.27. The first-order valence-corrected chi connectivity index (χ1v) is 5.46. The molecule has 16 heavy (non-hydrogen) atoms. The van der Waals surface area contributed by atoms with E-state index in [0.717, 1.165) is 0 Å². The molecule has 0 saturated carbocycles. The number of hydrogen-bond donors (Lipinski definition) is 1. The molecule has 1 rings (SSSR count). The van der Waals surface area contributed by atoms with Gasteiger partial charge in [0.1, 0.15) is 0 Å². The van der Waals surface area contributed by atoms with E-state index >= 15 is 0 Å². The van der Waals surface area contributed by atoms with Crippen molar-refractivity contribution in [3.8, 4) is 0 Å². The first-order valence-electron chi connectivity index (χ1n) is 6.58. The maximum absolute atomic E-state index is 12.3. The largest absolute Gasteiger partial charge is 0.303 e. The van der Waals surface area contributed by atoms with Crippen molar-refractivity contribution in [1.82, 2.24) is 5.32 Å². The molecule has 0 aliphatic heterocycles. The summed E-state index contributed by atoms with van der Waals surface area (Å²) in [5.41, 5.74) is -0.182. The normalized spacial score (nSPS) is 17.1. The van der Waals surface area contributed by atoms with Crippen LogP contribution < -0.4 is 5.32 Å². The van der Waals surface area contributed by atoms with Crippen molar-refractivity contribution in [2.45, 2.75) is 39.2 Å². The highest BCUT2D eigenvalue weighted by Gasteiger charge is 2.20. The van der Waals surface area contributed by atoms with Crippen molar-refractivity contribution in [3.63, 3.8) is 0 Å². The maximum Gasteiger partial charge on any atom is 0.179 e. The zero-order valence-electron chi connectivity index (χ0n) is 12.7. The lowest BCUT2D eigenvalue weighted by atomic mass is 10.0. The van der Waals surface area contributed by atoms with Gasteiger partial charge in [0.05, 0.1) is 6.04 Å². The standard InChI is InChI=1S/C13H18ClNO/c1-9(15-13(2,3)4)12(16)10-6-5-7-11(14)8-10/h5-9,15H,1-4H3/i1D3. The van der Waals surface area contributed by atoms with E-state index in [0.29, 0.717) is 10.6 Å². The van der Waals surface area contributed by atoms with E-state index in [4.69, 9.17) is 15.7 Å². The van der Waals surface area contributed by atoms with Crippen LogP contribution in [0.3, 0.4) is 0 Å². The van der Waals surface area contributed by atoms with Crippen LogP contribution in [0.5, 0.6) is 0 Å². The second-order valence-corrected chi connectivity index (χ2v) is 5.14. The number of carbonyl (C=O) groups is 1. The number of carbonyl (C=O) groups excluding carboxylic acids is 1. The summed E-state index contributed by atoms with van der Waals surface area (Å²) in [6.07, 6.45) is 0. The quantitative estimate of drug-likeness (QED) is 0.824. The second-order valence-electron chi connectivity index (χ2n) is 4.70. The van der Waals surface area contributed by atoms with Gasteiger partial charge in [-0.2, -0.15) is 0 Å². The smallest absolute Gasteiger partial charge is 0.179 e. The number of hydrogen-bond acceptors (Lipinski definition) is 2. The van der Waals surface area contributed by atoms with Gasteiger partial charge in [0.25, 0.3) is 0 Å². The molecule has 0 bridgehead atoms. The van der Waals surface area contributed by atoms with Crippen LogP contribution in [0.4, 0.5) is 0 Å². The summed E-state index contributed by atoms with van der Waals surface area (Å²) in [5.74, 6) is -0.475. The SMILES string of the molecule is [2H]C([2H])([2H])C(NC(C)(C)C)C(=O)c1cccc(Cl)c1. The molecule has 0 spiro atoms. The summed E-state index contributed by atoms with van der Waals surface area (Å²) < 4.78 is 22.6. The highest BCUT2D eigenvalue weighted by Crippen LogP contribution is 2.13. The van der Waals surface area contributed by atoms with Gasteiger partial charge in [0.2, 0.25) is 0 Å². The van der Waals surface area contributed by atoms with Crippen LogP contribution in [0.15, 0.2) is 24.3 Å². The fraction of sp³-hybridized carbons (Fsp3) is 0.462. The van der Waals surface area contributed by atoms with Crippen LogP contribution in [-0.2, 0) is 0 Å². The Bertz CT molecular complexity index is 466. The number of ketones is 1. The van der Waals surface area contributed by atoms with E-state index in [1.54, 1.807) is 18.2 Å². The van der Waals surface area contributed by atoms with Gasteiger partial charge >= 0.3 is 0 Å². The zero-order chi connectivity index (χ0) is 14.8. The van der Waals surface area contributed by atoms with Crippen molar-refractivity contribution in [3.05, 3.63) is 34.9 Å². The number of nitrogens with one attached hydrogen (secondary N) is 1.